The van der Waals surface area contributed by atoms with E-state index in [-0.39, 0.29) is 17.0 Å². The molecule has 2 aliphatic carbocycles. The van der Waals surface area contributed by atoms with Crippen molar-refractivity contribution in [2.45, 2.75) is 63.8 Å². The summed E-state index contributed by atoms with van der Waals surface area (Å²) in [6, 6.07) is 6.92. The lowest BCUT2D eigenvalue weighted by molar-refractivity contribution is -0.0164. The molecule has 0 unspecified atom stereocenters. The molecule has 1 aliphatic heterocycles. The van der Waals surface area contributed by atoms with E-state index < -0.39 is 0 Å². The van der Waals surface area contributed by atoms with Crippen molar-refractivity contribution in [1.82, 2.24) is 4.90 Å². The Hall–Kier alpha value is -0.540. The van der Waals surface area contributed by atoms with Crippen LogP contribution in [0.25, 0.3) is 0 Å². The minimum atomic E-state index is 0. The number of rotatable bonds is 2. The van der Waals surface area contributed by atoms with Crippen molar-refractivity contribution in [1.29, 1.82) is 0 Å². The first-order valence-corrected chi connectivity index (χ1v) is 9.16. The predicted molar refractivity (Wildman–Crippen MR) is 101 cm³/mol. The summed E-state index contributed by atoms with van der Waals surface area (Å²) in [5, 5.41) is 10.0. The van der Waals surface area contributed by atoms with Gasteiger partial charge in [-0.3, -0.25) is 4.90 Å². The van der Waals surface area contributed by atoms with Crippen molar-refractivity contribution in [3.8, 4) is 5.75 Å². The molecule has 1 aromatic rings. The molecular weight excluding hydrogens is 350 g/mol. The molecule has 2 fully saturated rings. The first-order valence-electron chi connectivity index (χ1n) is 9.16. The van der Waals surface area contributed by atoms with Crippen molar-refractivity contribution in [3.63, 3.8) is 0 Å². The number of hydrogen-bond donors (Lipinski definition) is 1. The smallest absolute Gasteiger partial charge is 0.115 e. The van der Waals surface area contributed by atoms with Gasteiger partial charge < -0.3 is 5.11 Å². The molecule has 1 N–H and O–H groups in total. The molecule has 3 atom stereocenters. The fourth-order valence-corrected chi connectivity index (χ4v) is 5.77. The minimum absolute atomic E-state index is 0. The van der Waals surface area contributed by atoms with Crippen molar-refractivity contribution >= 4 is 17.0 Å². The van der Waals surface area contributed by atoms with Gasteiger partial charge in [-0.15, -0.1) is 17.0 Å². The van der Waals surface area contributed by atoms with Crippen molar-refractivity contribution in [2.24, 2.45) is 11.8 Å². The first-order chi connectivity index (χ1) is 10.6. The second-order valence-corrected chi connectivity index (χ2v) is 8.26. The Kier molecular flexibility index (Phi) is 4.81. The zero-order valence-corrected chi connectivity index (χ0v) is 16.1. The average Bonchev–Trinajstić information content (AvgIpc) is 2.50. The third-order valence-electron chi connectivity index (χ3n) is 6.53. The number of phenols is 1. The van der Waals surface area contributed by atoms with Crippen LogP contribution in [0.2, 0.25) is 0 Å². The highest BCUT2D eigenvalue weighted by Gasteiger charge is 2.53. The molecule has 23 heavy (non-hydrogen) atoms. The molecule has 1 aromatic carbocycles. The Balaban J connectivity index is 0.00000156. The van der Waals surface area contributed by atoms with Gasteiger partial charge in [0.25, 0.3) is 0 Å². The summed E-state index contributed by atoms with van der Waals surface area (Å²) in [5.41, 5.74) is 3.37. The van der Waals surface area contributed by atoms with E-state index in [0.717, 1.165) is 17.9 Å². The molecule has 4 rings (SSSR count). The Morgan fingerprint density at radius 2 is 2.09 bits per heavy atom. The third-order valence-corrected chi connectivity index (χ3v) is 6.53. The molecule has 3 aliphatic rings. The maximum absolute atomic E-state index is 10.0. The number of fused-ring (bicyclic) bond motifs is 1. The lowest BCUT2D eigenvalue weighted by atomic mass is 9.52. The number of likely N-dealkylation sites (tertiary alicyclic amines) is 1. The van der Waals surface area contributed by atoms with E-state index in [4.69, 9.17) is 0 Å². The molecule has 0 spiro atoms. The SMILES string of the molecule is Br.CC(C)CN1CC[C@]23CCCC[C@H]2[C@H]1Cc1ccc(O)cc13. The van der Waals surface area contributed by atoms with E-state index in [9.17, 15) is 5.11 Å². The number of piperidine rings is 1. The molecule has 1 saturated heterocycles. The van der Waals surface area contributed by atoms with Gasteiger partial charge in [0.2, 0.25) is 0 Å². The average molecular weight is 380 g/mol. The monoisotopic (exact) mass is 379 g/mol. The first kappa shape index (κ1) is 17.3. The Morgan fingerprint density at radius 1 is 1.26 bits per heavy atom. The van der Waals surface area contributed by atoms with Crippen LogP contribution in [0.15, 0.2) is 18.2 Å². The van der Waals surface area contributed by atoms with Gasteiger partial charge in [0.15, 0.2) is 0 Å². The van der Waals surface area contributed by atoms with E-state index >= 15 is 0 Å². The summed E-state index contributed by atoms with van der Waals surface area (Å²) >= 11 is 0. The van der Waals surface area contributed by atoms with E-state index in [1.807, 2.05) is 6.07 Å². The van der Waals surface area contributed by atoms with Crippen LogP contribution >= 0.6 is 17.0 Å². The van der Waals surface area contributed by atoms with Crippen molar-refractivity contribution in [2.75, 3.05) is 13.1 Å². The molecule has 1 heterocycles. The van der Waals surface area contributed by atoms with E-state index in [0.29, 0.717) is 11.2 Å². The molecule has 2 nitrogen and oxygen atoms in total. The molecule has 2 bridgehead atoms. The van der Waals surface area contributed by atoms with Crippen LogP contribution in [0, 0.1) is 11.8 Å². The second-order valence-electron chi connectivity index (χ2n) is 8.26. The Bertz CT molecular complexity index is 573. The lowest BCUT2D eigenvalue weighted by Crippen LogP contribution is -2.61. The van der Waals surface area contributed by atoms with Gasteiger partial charge >= 0.3 is 0 Å². The molecule has 128 valence electrons. The van der Waals surface area contributed by atoms with Gasteiger partial charge in [0.1, 0.15) is 5.75 Å². The highest BCUT2D eigenvalue weighted by atomic mass is 79.9. The van der Waals surface area contributed by atoms with Crippen molar-refractivity contribution in [3.05, 3.63) is 29.3 Å². The van der Waals surface area contributed by atoms with E-state index in [1.165, 1.54) is 62.7 Å². The van der Waals surface area contributed by atoms with Crippen LogP contribution in [-0.4, -0.2) is 29.1 Å². The fourth-order valence-electron chi connectivity index (χ4n) is 5.77. The van der Waals surface area contributed by atoms with Gasteiger partial charge in [-0.2, -0.15) is 0 Å². The maximum Gasteiger partial charge on any atom is 0.115 e. The highest BCUT2D eigenvalue weighted by Crippen LogP contribution is 2.56. The summed E-state index contributed by atoms with van der Waals surface area (Å²) < 4.78 is 0. The largest absolute Gasteiger partial charge is 0.508 e. The summed E-state index contributed by atoms with van der Waals surface area (Å²) in [6.07, 6.45) is 7.95. The third kappa shape index (κ3) is 2.74. The molecule has 3 heteroatoms. The zero-order valence-electron chi connectivity index (χ0n) is 14.4. The van der Waals surface area contributed by atoms with Gasteiger partial charge in [0.05, 0.1) is 0 Å². The van der Waals surface area contributed by atoms with Gasteiger partial charge in [-0.1, -0.05) is 32.8 Å². The number of aromatic hydroxyl groups is 1. The number of benzene rings is 1. The van der Waals surface area contributed by atoms with Gasteiger partial charge in [-0.25, -0.2) is 0 Å². The fraction of sp³-hybridized carbons (Fsp3) is 0.700. The van der Waals surface area contributed by atoms with Gasteiger partial charge in [-0.05, 0) is 67.3 Å². The highest BCUT2D eigenvalue weighted by molar-refractivity contribution is 8.93. The number of hydrogen-bond acceptors (Lipinski definition) is 2. The number of halogens is 1. The summed E-state index contributed by atoms with van der Waals surface area (Å²) in [5.74, 6) is 2.01. The topological polar surface area (TPSA) is 23.5 Å². The molecule has 0 radical (unpaired) electrons. The maximum atomic E-state index is 10.0. The van der Waals surface area contributed by atoms with Crippen LogP contribution < -0.4 is 0 Å². The summed E-state index contributed by atoms with van der Waals surface area (Å²) in [6.45, 7) is 7.17. The standard InChI is InChI=1S/C20H29NO.BrH/c1-14(2)13-21-10-9-20-8-4-3-5-17(20)19(21)11-15-6-7-16(22)12-18(15)20;/h6-7,12,14,17,19,22H,3-5,8-11,13H2,1-2H3;1H/t17-,19+,20+;/m0./s1. The summed E-state index contributed by atoms with van der Waals surface area (Å²) in [4.78, 5) is 2.79. The van der Waals surface area contributed by atoms with Crippen molar-refractivity contribution < 1.29 is 5.11 Å². The number of nitrogens with zero attached hydrogens (tertiary/aromatic N) is 1. The Labute approximate surface area is 151 Å². The van der Waals surface area contributed by atoms with Crippen LogP contribution in [0.5, 0.6) is 5.75 Å². The van der Waals surface area contributed by atoms with Gasteiger partial charge in [0, 0.05) is 18.0 Å². The van der Waals surface area contributed by atoms with E-state index in [2.05, 4.69) is 30.9 Å². The van der Waals surface area contributed by atoms with Crippen LogP contribution in [-0.2, 0) is 11.8 Å². The number of phenolic OH excluding ortho intramolecular Hbond substituents is 1. The Morgan fingerprint density at radius 3 is 2.87 bits per heavy atom. The second kappa shape index (κ2) is 6.40. The summed E-state index contributed by atoms with van der Waals surface area (Å²) in [7, 11) is 0. The molecule has 0 amide bonds. The molecule has 1 saturated carbocycles. The quantitative estimate of drug-likeness (QED) is 0.805. The molecule has 0 aromatic heterocycles. The van der Waals surface area contributed by atoms with Crippen LogP contribution in [0.1, 0.15) is 57.1 Å². The predicted octanol–water partition coefficient (Wildman–Crippen LogP) is 4.68. The normalized spacial score (nSPS) is 32.8. The molecular formula is C20H30BrNO. The van der Waals surface area contributed by atoms with E-state index in [1.54, 1.807) is 0 Å². The van der Waals surface area contributed by atoms with Crippen LogP contribution in [0.4, 0.5) is 0 Å². The lowest BCUT2D eigenvalue weighted by Gasteiger charge is -2.59. The van der Waals surface area contributed by atoms with Crippen LogP contribution in [0.3, 0.4) is 0 Å². The zero-order chi connectivity index (χ0) is 15.3. The minimum Gasteiger partial charge on any atom is -0.508 e.